The molecule has 3 rings (SSSR count). The van der Waals surface area contributed by atoms with Crippen LogP contribution in [0.25, 0.3) is 11.0 Å². The average Bonchev–Trinajstić information content (AvgIpc) is 2.99. The highest BCUT2D eigenvalue weighted by atomic mass is 16.3. The molecule has 2 heterocycles. The van der Waals surface area contributed by atoms with Crippen LogP contribution in [0.3, 0.4) is 0 Å². The van der Waals surface area contributed by atoms with Crippen LogP contribution in [0.15, 0.2) is 28.7 Å². The monoisotopic (exact) mass is 330 g/mol. The largest absolute Gasteiger partial charge is 0.459 e. The van der Waals surface area contributed by atoms with Crippen LogP contribution in [0.4, 0.5) is 0 Å². The van der Waals surface area contributed by atoms with Gasteiger partial charge in [0.1, 0.15) is 11.3 Å². The lowest BCUT2D eigenvalue weighted by Gasteiger charge is -2.29. The van der Waals surface area contributed by atoms with Gasteiger partial charge in [-0.2, -0.15) is 0 Å². The van der Waals surface area contributed by atoms with E-state index in [1.807, 2.05) is 6.07 Å². The van der Waals surface area contributed by atoms with E-state index in [1.165, 1.54) is 10.9 Å². The number of nitrogens with zero attached hydrogens (tertiary/aromatic N) is 1. The van der Waals surface area contributed by atoms with Crippen molar-refractivity contribution in [1.82, 2.24) is 10.2 Å². The lowest BCUT2D eigenvalue weighted by molar-refractivity contribution is 0.0820. The van der Waals surface area contributed by atoms with Gasteiger partial charge in [0.15, 0.2) is 0 Å². The van der Waals surface area contributed by atoms with E-state index in [2.05, 4.69) is 42.3 Å². The summed E-state index contributed by atoms with van der Waals surface area (Å²) in [6.07, 6.45) is 3.88. The van der Waals surface area contributed by atoms with Crippen molar-refractivity contribution < 1.29 is 9.52 Å². The van der Waals surface area contributed by atoms with Gasteiger partial charge in [-0.1, -0.05) is 25.1 Å². The molecule has 24 heavy (non-hydrogen) atoms. The molecule has 1 aliphatic rings. The smallest absolute Gasteiger partial charge is 0.134 e. The SMILES string of the molecule is CCc1c(C(C)NCCCN2CCC(O)CC2)oc2ccccc12. The number of hydrogen-bond acceptors (Lipinski definition) is 4. The van der Waals surface area contributed by atoms with Gasteiger partial charge in [0.25, 0.3) is 0 Å². The molecule has 2 N–H and O–H groups in total. The quantitative estimate of drug-likeness (QED) is 0.763. The molecular formula is C20H30N2O2. The van der Waals surface area contributed by atoms with Crippen molar-refractivity contribution in [3.63, 3.8) is 0 Å². The second-order valence-corrected chi connectivity index (χ2v) is 6.90. The van der Waals surface area contributed by atoms with Gasteiger partial charge >= 0.3 is 0 Å². The number of furan rings is 1. The van der Waals surface area contributed by atoms with Crippen molar-refractivity contribution in [2.75, 3.05) is 26.2 Å². The van der Waals surface area contributed by atoms with Gasteiger partial charge in [0, 0.05) is 24.0 Å². The molecule has 1 saturated heterocycles. The van der Waals surface area contributed by atoms with Crippen LogP contribution in [0.2, 0.25) is 0 Å². The van der Waals surface area contributed by atoms with Crippen molar-refractivity contribution in [1.29, 1.82) is 0 Å². The molecule has 0 amide bonds. The summed E-state index contributed by atoms with van der Waals surface area (Å²) >= 11 is 0. The predicted octanol–water partition coefficient (Wildman–Crippen LogP) is 3.49. The van der Waals surface area contributed by atoms with Crippen LogP contribution in [-0.2, 0) is 6.42 Å². The Morgan fingerprint density at radius 1 is 1.29 bits per heavy atom. The van der Waals surface area contributed by atoms with Crippen molar-refractivity contribution in [3.8, 4) is 0 Å². The normalized spacial score (nSPS) is 18.3. The van der Waals surface area contributed by atoms with E-state index in [-0.39, 0.29) is 12.1 Å². The summed E-state index contributed by atoms with van der Waals surface area (Å²) in [6.45, 7) is 8.53. The Hall–Kier alpha value is -1.36. The van der Waals surface area contributed by atoms with Crippen molar-refractivity contribution in [2.45, 2.75) is 51.7 Å². The third-order valence-electron chi connectivity index (χ3n) is 5.14. The first-order valence-corrected chi connectivity index (χ1v) is 9.33. The second-order valence-electron chi connectivity index (χ2n) is 6.90. The number of nitrogens with one attached hydrogen (secondary N) is 1. The van der Waals surface area contributed by atoms with Gasteiger partial charge in [-0.3, -0.25) is 0 Å². The highest BCUT2D eigenvalue weighted by molar-refractivity contribution is 5.82. The lowest BCUT2D eigenvalue weighted by atomic mass is 10.0. The molecule has 0 spiro atoms. The molecule has 1 atom stereocenters. The summed E-state index contributed by atoms with van der Waals surface area (Å²) in [5, 5.41) is 14.4. The van der Waals surface area contributed by atoms with Gasteiger partial charge < -0.3 is 19.7 Å². The molecule has 0 radical (unpaired) electrons. The van der Waals surface area contributed by atoms with Crippen LogP contribution in [-0.4, -0.2) is 42.3 Å². The number of aliphatic hydroxyl groups is 1. The maximum absolute atomic E-state index is 9.56. The summed E-state index contributed by atoms with van der Waals surface area (Å²) in [5.74, 6) is 1.08. The van der Waals surface area contributed by atoms with Crippen LogP contribution in [0, 0.1) is 0 Å². The minimum absolute atomic E-state index is 0.0834. The van der Waals surface area contributed by atoms with Crippen LogP contribution >= 0.6 is 0 Å². The summed E-state index contributed by atoms with van der Waals surface area (Å²) in [4.78, 5) is 2.46. The van der Waals surface area contributed by atoms with Crippen molar-refractivity contribution in [2.24, 2.45) is 0 Å². The Bertz CT molecular complexity index is 644. The average molecular weight is 330 g/mol. The number of para-hydroxylation sites is 1. The van der Waals surface area contributed by atoms with Crippen LogP contribution in [0.5, 0.6) is 0 Å². The topological polar surface area (TPSA) is 48.6 Å². The summed E-state index contributed by atoms with van der Waals surface area (Å²) < 4.78 is 6.11. The summed E-state index contributed by atoms with van der Waals surface area (Å²) in [6, 6.07) is 8.54. The molecule has 0 saturated carbocycles. The number of fused-ring (bicyclic) bond motifs is 1. The van der Waals surface area contributed by atoms with E-state index in [0.29, 0.717) is 0 Å². The molecule has 1 fully saturated rings. The number of hydrogen-bond donors (Lipinski definition) is 2. The Kier molecular flexibility index (Phi) is 5.93. The molecule has 1 aromatic carbocycles. The molecule has 0 bridgehead atoms. The first kappa shape index (κ1) is 17.5. The van der Waals surface area contributed by atoms with Gasteiger partial charge in [0.05, 0.1) is 12.1 Å². The molecule has 1 aromatic heterocycles. The van der Waals surface area contributed by atoms with Gasteiger partial charge in [-0.15, -0.1) is 0 Å². The van der Waals surface area contributed by atoms with Crippen LogP contribution < -0.4 is 5.32 Å². The van der Waals surface area contributed by atoms with Crippen molar-refractivity contribution >= 4 is 11.0 Å². The maximum atomic E-state index is 9.56. The molecule has 2 aromatic rings. The Labute approximate surface area is 144 Å². The number of benzene rings is 1. The van der Waals surface area contributed by atoms with E-state index in [0.717, 1.165) is 63.2 Å². The van der Waals surface area contributed by atoms with Gasteiger partial charge in [-0.25, -0.2) is 0 Å². The predicted molar refractivity (Wildman–Crippen MR) is 98.3 cm³/mol. The van der Waals surface area contributed by atoms with E-state index in [9.17, 15) is 5.11 Å². The Morgan fingerprint density at radius 3 is 2.79 bits per heavy atom. The maximum Gasteiger partial charge on any atom is 0.134 e. The number of aliphatic hydroxyl groups excluding tert-OH is 1. The highest BCUT2D eigenvalue weighted by Gasteiger charge is 2.18. The zero-order valence-corrected chi connectivity index (χ0v) is 14.9. The minimum Gasteiger partial charge on any atom is -0.459 e. The molecule has 4 heteroatoms. The molecule has 132 valence electrons. The number of likely N-dealkylation sites (tertiary alicyclic amines) is 1. The van der Waals surface area contributed by atoms with E-state index >= 15 is 0 Å². The third kappa shape index (κ3) is 4.00. The zero-order valence-electron chi connectivity index (χ0n) is 14.9. The molecule has 1 aliphatic heterocycles. The second kappa shape index (κ2) is 8.15. The van der Waals surface area contributed by atoms with Gasteiger partial charge in [-0.05, 0) is 51.8 Å². The van der Waals surface area contributed by atoms with E-state index < -0.39 is 0 Å². The number of aryl methyl sites for hydroxylation is 1. The fourth-order valence-electron chi connectivity index (χ4n) is 3.69. The fourth-order valence-corrected chi connectivity index (χ4v) is 3.69. The zero-order chi connectivity index (χ0) is 16.9. The molecule has 4 nitrogen and oxygen atoms in total. The first-order valence-electron chi connectivity index (χ1n) is 9.33. The Morgan fingerprint density at radius 2 is 2.04 bits per heavy atom. The van der Waals surface area contributed by atoms with Crippen LogP contribution in [0.1, 0.15) is 50.5 Å². The molecule has 0 aliphatic carbocycles. The lowest BCUT2D eigenvalue weighted by Crippen LogP contribution is -2.37. The standard InChI is InChI=1S/C20H30N2O2/c1-3-17-18-7-4-5-8-19(18)24-20(17)15(2)21-11-6-12-22-13-9-16(23)10-14-22/h4-5,7-8,15-16,21,23H,3,6,9-14H2,1-2H3. The summed E-state index contributed by atoms with van der Waals surface area (Å²) in [5.41, 5.74) is 2.32. The highest BCUT2D eigenvalue weighted by Crippen LogP contribution is 2.30. The first-order chi connectivity index (χ1) is 11.7. The van der Waals surface area contributed by atoms with Crippen molar-refractivity contribution in [3.05, 3.63) is 35.6 Å². The van der Waals surface area contributed by atoms with E-state index in [1.54, 1.807) is 0 Å². The van der Waals surface area contributed by atoms with E-state index in [4.69, 9.17) is 4.42 Å². The number of rotatable bonds is 7. The Balaban J connectivity index is 1.51. The molecular weight excluding hydrogens is 300 g/mol. The fraction of sp³-hybridized carbons (Fsp3) is 0.600. The third-order valence-corrected chi connectivity index (χ3v) is 5.14. The number of piperidine rings is 1. The summed E-state index contributed by atoms with van der Waals surface area (Å²) in [7, 11) is 0. The minimum atomic E-state index is -0.0834. The molecule has 1 unspecified atom stereocenters. The van der Waals surface area contributed by atoms with Gasteiger partial charge in [0.2, 0.25) is 0 Å².